The lowest BCUT2D eigenvalue weighted by molar-refractivity contribution is 0.120. The third-order valence-corrected chi connectivity index (χ3v) is 4.31. The van der Waals surface area contributed by atoms with Gasteiger partial charge in [-0.25, -0.2) is 4.98 Å². The maximum atomic E-state index is 5.72. The van der Waals surface area contributed by atoms with Crippen LogP contribution in [-0.4, -0.2) is 40.7 Å². The number of para-hydroxylation sites is 1. The van der Waals surface area contributed by atoms with E-state index in [1.54, 1.807) is 19.5 Å². The Balaban J connectivity index is 1.77. The molecule has 1 aliphatic heterocycles. The number of anilines is 1. The van der Waals surface area contributed by atoms with E-state index < -0.39 is 0 Å². The second kappa shape index (κ2) is 6.49. The standard InChI is InChI=1S/C18H20N4O2/c1-23-15-7-3-2-6-14(15)17-18(20-11-13-5-4-10-24-13)22-9-8-19-12-16(22)21-17/h2-3,6-9,12-13,20H,4-5,10-11H2,1H3. The highest BCUT2D eigenvalue weighted by atomic mass is 16.5. The Hall–Kier alpha value is -2.60. The van der Waals surface area contributed by atoms with E-state index in [4.69, 9.17) is 14.5 Å². The second-order valence-electron chi connectivity index (χ2n) is 5.83. The highest BCUT2D eigenvalue weighted by Crippen LogP contribution is 2.35. The first kappa shape index (κ1) is 15.0. The smallest absolute Gasteiger partial charge is 0.157 e. The first-order valence-corrected chi connectivity index (χ1v) is 8.18. The van der Waals surface area contributed by atoms with E-state index in [0.29, 0.717) is 0 Å². The van der Waals surface area contributed by atoms with Crippen molar-refractivity contribution >= 4 is 11.5 Å². The maximum absolute atomic E-state index is 5.72. The predicted molar refractivity (Wildman–Crippen MR) is 92.4 cm³/mol. The van der Waals surface area contributed by atoms with Gasteiger partial charge in [-0.15, -0.1) is 0 Å². The first-order chi connectivity index (χ1) is 11.9. The minimum atomic E-state index is 0.253. The summed E-state index contributed by atoms with van der Waals surface area (Å²) in [5, 5.41) is 3.52. The highest BCUT2D eigenvalue weighted by Gasteiger charge is 2.20. The summed E-state index contributed by atoms with van der Waals surface area (Å²) in [6, 6.07) is 7.91. The van der Waals surface area contributed by atoms with E-state index in [-0.39, 0.29) is 6.10 Å². The van der Waals surface area contributed by atoms with Gasteiger partial charge < -0.3 is 14.8 Å². The minimum Gasteiger partial charge on any atom is -0.496 e. The van der Waals surface area contributed by atoms with Crippen LogP contribution in [0.15, 0.2) is 42.9 Å². The lowest BCUT2D eigenvalue weighted by Crippen LogP contribution is -2.19. The van der Waals surface area contributed by atoms with E-state index in [1.807, 2.05) is 34.9 Å². The molecule has 0 spiro atoms. The Morgan fingerprint density at radius 2 is 2.29 bits per heavy atom. The van der Waals surface area contributed by atoms with Crippen LogP contribution in [0, 0.1) is 0 Å². The van der Waals surface area contributed by atoms with Crippen molar-refractivity contribution in [3.63, 3.8) is 0 Å². The SMILES string of the molecule is COc1ccccc1-c1nc2cnccn2c1NCC1CCCO1. The lowest BCUT2D eigenvalue weighted by Gasteiger charge is -2.14. The largest absolute Gasteiger partial charge is 0.496 e. The van der Waals surface area contributed by atoms with E-state index in [2.05, 4.69) is 10.3 Å². The van der Waals surface area contributed by atoms with Gasteiger partial charge in [0, 0.05) is 31.1 Å². The summed E-state index contributed by atoms with van der Waals surface area (Å²) in [5.74, 6) is 1.74. The van der Waals surface area contributed by atoms with E-state index in [0.717, 1.165) is 54.5 Å². The Kier molecular flexibility index (Phi) is 4.04. The molecule has 1 unspecified atom stereocenters. The molecule has 2 aromatic heterocycles. The second-order valence-corrected chi connectivity index (χ2v) is 5.83. The normalized spacial score (nSPS) is 17.3. The third-order valence-electron chi connectivity index (χ3n) is 4.31. The van der Waals surface area contributed by atoms with Gasteiger partial charge in [0.2, 0.25) is 0 Å². The molecular weight excluding hydrogens is 304 g/mol. The van der Waals surface area contributed by atoms with Crippen LogP contribution in [0.1, 0.15) is 12.8 Å². The zero-order valence-electron chi connectivity index (χ0n) is 13.6. The fourth-order valence-electron chi connectivity index (χ4n) is 3.12. The monoisotopic (exact) mass is 324 g/mol. The van der Waals surface area contributed by atoms with E-state index in [1.165, 1.54) is 0 Å². The minimum absolute atomic E-state index is 0.253. The zero-order valence-corrected chi connectivity index (χ0v) is 13.6. The Morgan fingerprint density at radius 3 is 3.12 bits per heavy atom. The number of nitrogens with zero attached hydrogens (tertiary/aromatic N) is 3. The van der Waals surface area contributed by atoms with Crippen molar-refractivity contribution in [2.75, 3.05) is 25.6 Å². The molecule has 124 valence electrons. The number of imidazole rings is 1. The Bertz CT molecular complexity index is 840. The van der Waals surface area contributed by atoms with Gasteiger partial charge in [0.25, 0.3) is 0 Å². The van der Waals surface area contributed by atoms with E-state index >= 15 is 0 Å². The molecule has 0 saturated carbocycles. The molecule has 6 heteroatoms. The van der Waals surface area contributed by atoms with Gasteiger partial charge in [-0.3, -0.25) is 9.38 Å². The van der Waals surface area contributed by atoms with Crippen LogP contribution < -0.4 is 10.1 Å². The number of aromatic nitrogens is 3. The molecule has 1 aliphatic rings. The summed E-state index contributed by atoms with van der Waals surface area (Å²) in [6.07, 6.45) is 7.91. The molecule has 1 aromatic carbocycles. The van der Waals surface area contributed by atoms with Crippen molar-refractivity contribution in [1.29, 1.82) is 0 Å². The summed E-state index contributed by atoms with van der Waals surface area (Å²) >= 11 is 0. The summed E-state index contributed by atoms with van der Waals surface area (Å²) < 4.78 is 13.3. The topological polar surface area (TPSA) is 60.7 Å². The number of benzene rings is 1. The van der Waals surface area contributed by atoms with Crippen molar-refractivity contribution in [2.45, 2.75) is 18.9 Å². The number of hydrogen-bond acceptors (Lipinski definition) is 5. The summed E-state index contributed by atoms with van der Waals surface area (Å²) in [4.78, 5) is 8.93. The number of ether oxygens (including phenoxy) is 2. The van der Waals surface area contributed by atoms with Crippen LogP contribution in [0.5, 0.6) is 5.75 Å². The van der Waals surface area contributed by atoms with Crippen LogP contribution in [0.25, 0.3) is 16.9 Å². The van der Waals surface area contributed by atoms with Crippen molar-refractivity contribution in [3.05, 3.63) is 42.9 Å². The third kappa shape index (κ3) is 2.69. The zero-order chi connectivity index (χ0) is 16.4. The van der Waals surface area contributed by atoms with Gasteiger partial charge in [-0.2, -0.15) is 0 Å². The molecule has 1 fully saturated rings. The average molecular weight is 324 g/mol. The molecule has 3 aromatic rings. The Labute approximate surface area is 140 Å². The fourth-order valence-corrected chi connectivity index (χ4v) is 3.12. The average Bonchev–Trinajstić information content (AvgIpc) is 3.27. The van der Waals surface area contributed by atoms with Gasteiger partial charge >= 0.3 is 0 Å². The molecule has 1 atom stereocenters. The van der Waals surface area contributed by atoms with Crippen molar-refractivity contribution in [3.8, 4) is 17.0 Å². The number of fused-ring (bicyclic) bond motifs is 1. The van der Waals surface area contributed by atoms with Crippen LogP contribution in [0.2, 0.25) is 0 Å². The van der Waals surface area contributed by atoms with Crippen LogP contribution in [-0.2, 0) is 4.74 Å². The number of nitrogens with one attached hydrogen (secondary N) is 1. The number of hydrogen-bond donors (Lipinski definition) is 1. The van der Waals surface area contributed by atoms with Crippen molar-refractivity contribution < 1.29 is 9.47 Å². The molecule has 4 rings (SSSR count). The quantitative estimate of drug-likeness (QED) is 0.782. The van der Waals surface area contributed by atoms with Gasteiger partial charge in [0.05, 0.1) is 19.4 Å². The molecule has 1 N–H and O–H groups in total. The molecule has 6 nitrogen and oxygen atoms in total. The molecule has 1 saturated heterocycles. The van der Waals surface area contributed by atoms with Crippen molar-refractivity contribution in [2.24, 2.45) is 0 Å². The number of methoxy groups -OCH3 is 1. The molecule has 0 bridgehead atoms. The van der Waals surface area contributed by atoms with Gasteiger partial charge in [-0.1, -0.05) is 12.1 Å². The van der Waals surface area contributed by atoms with E-state index in [9.17, 15) is 0 Å². The van der Waals surface area contributed by atoms with Gasteiger partial charge in [0.1, 0.15) is 17.3 Å². The molecule has 0 aliphatic carbocycles. The van der Waals surface area contributed by atoms with Crippen molar-refractivity contribution in [1.82, 2.24) is 14.4 Å². The maximum Gasteiger partial charge on any atom is 0.157 e. The van der Waals surface area contributed by atoms with Crippen LogP contribution in [0.4, 0.5) is 5.82 Å². The first-order valence-electron chi connectivity index (χ1n) is 8.18. The molecular formula is C18H20N4O2. The van der Waals surface area contributed by atoms with Gasteiger partial charge in [0.15, 0.2) is 5.65 Å². The van der Waals surface area contributed by atoms with Crippen LogP contribution >= 0.6 is 0 Å². The summed E-state index contributed by atoms with van der Waals surface area (Å²) in [5.41, 5.74) is 2.62. The molecule has 0 radical (unpaired) electrons. The summed E-state index contributed by atoms with van der Waals surface area (Å²) in [6.45, 7) is 1.61. The lowest BCUT2D eigenvalue weighted by atomic mass is 10.1. The van der Waals surface area contributed by atoms with Gasteiger partial charge in [-0.05, 0) is 25.0 Å². The number of rotatable bonds is 5. The predicted octanol–water partition coefficient (Wildman–Crippen LogP) is 3.00. The van der Waals surface area contributed by atoms with Crippen LogP contribution in [0.3, 0.4) is 0 Å². The summed E-state index contributed by atoms with van der Waals surface area (Å²) in [7, 11) is 1.68. The highest BCUT2D eigenvalue weighted by molar-refractivity contribution is 5.80. The molecule has 3 heterocycles. The molecule has 24 heavy (non-hydrogen) atoms. The molecule has 0 amide bonds. The fraction of sp³-hybridized carbons (Fsp3) is 0.333. The Morgan fingerprint density at radius 1 is 1.38 bits per heavy atom.